The Balaban J connectivity index is 2.30. The molecule has 0 aliphatic heterocycles. The monoisotopic (exact) mass is 230 g/mol. The molecule has 2 aromatic rings. The first-order valence-corrected chi connectivity index (χ1v) is 5.86. The number of benzene rings is 1. The molecule has 0 spiro atoms. The van der Waals surface area contributed by atoms with Crippen molar-refractivity contribution in [2.75, 3.05) is 13.7 Å². The molecule has 0 radical (unpaired) electrons. The van der Waals surface area contributed by atoms with Gasteiger partial charge in [0.2, 0.25) is 0 Å². The van der Waals surface area contributed by atoms with Gasteiger partial charge in [0, 0.05) is 24.2 Å². The van der Waals surface area contributed by atoms with Gasteiger partial charge in [-0.2, -0.15) is 0 Å². The molecule has 1 N–H and O–H groups in total. The number of aliphatic hydroxyl groups excluding tert-OH is 1. The zero-order chi connectivity index (χ0) is 12.3. The molecular weight excluding hydrogens is 212 g/mol. The Hall–Kier alpha value is -1.45. The average molecular weight is 230 g/mol. The first kappa shape index (κ1) is 12.0. The van der Waals surface area contributed by atoms with E-state index in [2.05, 4.69) is 34.1 Å². The number of likely N-dealkylation sites (N-methyl/N-ethyl adjacent to an activating group) is 1. The molecule has 3 heteroatoms. The minimum Gasteiger partial charge on any atom is -0.395 e. The summed E-state index contributed by atoms with van der Waals surface area (Å²) in [6.07, 6.45) is 1.82. The molecule has 0 aliphatic rings. The van der Waals surface area contributed by atoms with E-state index in [0.717, 1.165) is 17.4 Å². The van der Waals surface area contributed by atoms with Crippen LogP contribution < -0.4 is 0 Å². The zero-order valence-corrected chi connectivity index (χ0v) is 10.3. The summed E-state index contributed by atoms with van der Waals surface area (Å²) in [4.78, 5) is 6.56. The molecule has 0 saturated heterocycles. The lowest BCUT2D eigenvalue weighted by Crippen LogP contribution is -2.31. The molecule has 0 bridgehead atoms. The molecule has 1 heterocycles. The molecule has 2 rings (SSSR count). The van der Waals surface area contributed by atoms with Crippen molar-refractivity contribution < 1.29 is 5.11 Å². The summed E-state index contributed by atoms with van der Waals surface area (Å²) >= 11 is 0. The van der Waals surface area contributed by atoms with Gasteiger partial charge in [-0.1, -0.05) is 24.3 Å². The van der Waals surface area contributed by atoms with Crippen molar-refractivity contribution in [1.29, 1.82) is 0 Å². The Morgan fingerprint density at radius 3 is 2.82 bits per heavy atom. The predicted octanol–water partition coefficient (Wildman–Crippen LogP) is 2.05. The summed E-state index contributed by atoms with van der Waals surface area (Å²) in [7, 11) is 2.02. The Morgan fingerprint density at radius 1 is 1.29 bits per heavy atom. The van der Waals surface area contributed by atoms with Crippen molar-refractivity contribution in [2.24, 2.45) is 0 Å². The second-order valence-corrected chi connectivity index (χ2v) is 4.44. The van der Waals surface area contributed by atoms with E-state index in [1.165, 1.54) is 5.56 Å². The van der Waals surface area contributed by atoms with Crippen LogP contribution >= 0.6 is 0 Å². The van der Waals surface area contributed by atoms with Gasteiger partial charge in [-0.05, 0) is 25.6 Å². The van der Waals surface area contributed by atoms with Gasteiger partial charge in [-0.3, -0.25) is 9.88 Å². The molecule has 90 valence electrons. The maximum atomic E-state index is 9.14. The van der Waals surface area contributed by atoms with Crippen LogP contribution in [0.3, 0.4) is 0 Å². The number of hydrogen-bond acceptors (Lipinski definition) is 3. The van der Waals surface area contributed by atoms with E-state index in [9.17, 15) is 0 Å². The number of para-hydroxylation sites is 1. The minimum atomic E-state index is 0.161. The van der Waals surface area contributed by atoms with Gasteiger partial charge < -0.3 is 5.11 Å². The summed E-state index contributed by atoms with van der Waals surface area (Å²) in [5.74, 6) is 0. The van der Waals surface area contributed by atoms with E-state index in [1.807, 2.05) is 26.2 Å². The molecule has 0 amide bonds. The Bertz CT molecular complexity index is 493. The third-order valence-electron chi connectivity index (χ3n) is 3.15. The normalized spacial score (nSPS) is 13.2. The minimum absolute atomic E-state index is 0.161. The SMILES string of the molecule is CC(CO)N(C)Cc1cccc2cccnc12. The van der Waals surface area contributed by atoms with Crippen molar-refractivity contribution in [2.45, 2.75) is 19.5 Å². The van der Waals surface area contributed by atoms with Gasteiger partial charge >= 0.3 is 0 Å². The molecule has 0 saturated carbocycles. The van der Waals surface area contributed by atoms with Crippen LogP contribution in [0.4, 0.5) is 0 Å². The van der Waals surface area contributed by atoms with Gasteiger partial charge in [0.05, 0.1) is 12.1 Å². The van der Waals surface area contributed by atoms with Gasteiger partial charge in [-0.25, -0.2) is 0 Å². The van der Waals surface area contributed by atoms with Crippen LogP contribution in [0.2, 0.25) is 0 Å². The van der Waals surface area contributed by atoms with Crippen LogP contribution in [0.15, 0.2) is 36.5 Å². The van der Waals surface area contributed by atoms with Crippen molar-refractivity contribution in [3.05, 3.63) is 42.1 Å². The van der Waals surface area contributed by atoms with Crippen LogP contribution in [0.25, 0.3) is 10.9 Å². The highest BCUT2D eigenvalue weighted by atomic mass is 16.3. The van der Waals surface area contributed by atoms with Gasteiger partial charge in [-0.15, -0.1) is 0 Å². The third-order valence-corrected chi connectivity index (χ3v) is 3.15. The topological polar surface area (TPSA) is 36.4 Å². The first-order chi connectivity index (χ1) is 8.22. The third kappa shape index (κ3) is 2.62. The number of pyridine rings is 1. The molecule has 1 atom stereocenters. The lowest BCUT2D eigenvalue weighted by Gasteiger charge is -2.23. The Morgan fingerprint density at radius 2 is 2.06 bits per heavy atom. The van der Waals surface area contributed by atoms with Crippen molar-refractivity contribution in [3.63, 3.8) is 0 Å². The summed E-state index contributed by atoms with van der Waals surface area (Å²) in [5.41, 5.74) is 2.25. The maximum Gasteiger partial charge on any atom is 0.0746 e. The number of aliphatic hydroxyl groups is 1. The van der Waals surface area contributed by atoms with E-state index in [-0.39, 0.29) is 12.6 Å². The van der Waals surface area contributed by atoms with E-state index >= 15 is 0 Å². The predicted molar refractivity (Wildman–Crippen MR) is 69.8 cm³/mol. The van der Waals surface area contributed by atoms with Crippen molar-refractivity contribution in [3.8, 4) is 0 Å². The second kappa shape index (κ2) is 5.25. The van der Waals surface area contributed by atoms with Crippen molar-refractivity contribution >= 4 is 10.9 Å². The molecule has 17 heavy (non-hydrogen) atoms. The molecule has 0 fully saturated rings. The standard InChI is InChI=1S/C14H18N2O/c1-11(10-17)16(2)9-13-6-3-5-12-7-4-8-15-14(12)13/h3-8,11,17H,9-10H2,1-2H3. The molecule has 1 unspecified atom stereocenters. The summed E-state index contributed by atoms with van der Waals surface area (Å²) in [6.45, 7) is 2.99. The van der Waals surface area contributed by atoms with Crippen LogP contribution in [0.5, 0.6) is 0 Å². The van der Waals surface area contributed by atoms with E-state index in [4.69, 9.17) is 5.11 Å². The van der Waals surface area contributed by atoms with Crippen LogP contribution in [-0.4, -0.2) is 34.7 Å². The van der Waals surface area contributed by atoms with Crippen LogP contribution in [-0.2, 0) is 6.54 Å². The fourth-order valence-electron chi connectivity index (χ4n) is 1.86. The first-order valence-electron chi connectivity index (χ1n) is 5.86. The number of hydrogen-bond donors (Lipinski definition) is 1. The maximum absolute atomic E-state index is 9.14. The molecule has 3 nitrogen and oxygen atoms in total. The highest BCUT2D eigenvalue weighted by Gasteiger charge is 2.10. The summed E-state index contributed by atoms with van der Waals surface area (Å²) in [5, 5.41) is 10.3. The van der Waals surface area contributed by atoms with Gasteiger partial charge in [0.15, 0.2) is 0 Å². The number of aromatic nitrogens is 1. The summed E-state index contributed by atoms with van der Waals surface area (Å²) < 4.78 is 0. The van der Waals surface area contributed by atoms with Gasteiger partial charge in [0.25, 0.3) is 0 Å². The van der Waals surface area contributed by atoms with E-state index in [0.29, 0.717) is 0 Å². The van der Waals surface area contributed by atoms with Crippen LogP contribution in [0.1, 0.15) is 12.5 Å². The lowest BCUT2D eigenvalue weighted by atomic mass is 10.1. The largest absolute Gasteiger partial charge is 0.395 e. The smallest absolute Gasteiger partial charge is 0.0746 e. The highest BCUT2D eigenvalue weighted by molar-refractivity contribution is 5.81. The highest BCUT2D eigenvalue weighted by Crippen LogP contribution is 2.17. The molecule has 0 aliphatic carbocycles. The molecular formula is C14H18N2O. The lowest BCUT2D eigenvalue weighted by molar-refractivity contribution is 0.154. The summed E-state index contributed by atoms with van der Waals surface area (Å²) in [6, 6.07) is 10.4. The van der Waals surface area contributed by atoms with Crippen molar-refractivity contribution in [1.82, 2.24) is 9.88 Å². The number of nitrogens with zero attached hydrogens (tertiary/aromatic N) is 2. The number of fused-ring (bicyclic) bond motifs is 1. The Kier molecular flexibility index (Phi) is 3.71. The quantitative estimate of drug-likeness (QED) is 0.873. The van der Waals surface area contributed by atoms with Crippen LogP contribution in [0, 0.1) is 0 Å². The number of rotatable bonds is 4. The fourth-order valence-corrected chi connectivity index (χ4v) is 1.86. The molecule has 1 aromatic heterocycles. The molecule has 1 aromatic carbocycles. The van der Waals surface area contributed by atoms with E-state index < -0.39 is 0 Å². The zero-order valence-electron chi connectivity index (χ0n) is 10.3. The second-order valence-electron chi connectivity index (χ2n) is 4.44. The Labute approximate surface area is 102 Å². The van der Waals surface area contributed by atoms with E-state index in [1.54, 1.807) is 0 Å². The average Bonchev–Trinajstić information content (AvgIpc) is 2.38. The van der Waals surface area contributed by atoms with Gasteiger partial charge in [0.1, 0.15) is 0 Å². The fraction of sp³-hybridized carbons (Fsp3) is 0.357.